The van der Waals surface area contributed by atoms with E-state index in [1.54, 1.807) is 24.7 Å². The number of esters is 1. The van der Waals surface area contributed by atoms with Crippen LogP contribution < -0.4 is 5.32 Å². The van der Waals surface area contributed by atoms with Crippen LogP contribution in [-0.2, 0) is 16.1 Å². The molecule has 1 aliphatic heterocycles. The molecule has 7 heteroatoms. The summed E-state index contributed by atoms with van der Waals surface area (Å²) in [5.74, 6) is -0.356. The number of thioether (sulfide) groups is 1. The number of aromatic nitrogens is 2. The van der Waals surface area contributed by atoms with Crippen LogP contribution >= 0.6 is 11.8 Å². The highest BCUT2D eigenvalue weighted by Crippen LogP contribution is 2.25. The Hall–Kier alpha value is -1.60. The fraction of sp³-hybridized carbons (Fsp3) is 0.533. The van der Waals surface area contributed by atoms with E-state index in [1.165, 1.54) is 23.5 Å². The smallest absolute Gasteiger partial charge is 0.341 e. The van der Waals surface area contributed by atoms with Gasteiger partial charge in [0.15, 0.2) is 5.12 Å². The fourth-order valence-corrected chi connectivity index (χ4v) is 3.27. The van der Waals surface area contributed by atoms with Gasteiger partial charge >= 0.3 is 5.97 Å². The van der Waals surface area contributed by atoms with Crippen molar-refractivity contribution < 1.29 is 14.3 Å². The van der Waals surface area contributed by atoms with Crippen molar-refractivity contribution in [2.75, 3.05) is 19.7 Å². The molecule has 0 radical (unpaired) electrons. The Bertz CT molecular complexity index is 568. The van der Waals surface area contributed by atoms with E-state index in [0.717, 1.165) is 19.5 Å². The highest BCUT2D eigenvalue weighted by molar-refractivity contribution is 8.14. The van der Waals surface area contributed by atoms with Crippen molar-refractivity contribution in [2.45, 2.75) is 32.1 Å². The van der Waals surface area contributed by atoms with Crippen molar-refractivity contribution in [1.82, 2.24) is 15.1 Å². The lowest BCUT2D eigenvalue weighted by Gasteiger charge is -2.25. The third kappa shape index (κ3) is 4.71. The summed E-state index contributed by atoms with van der Waals surface area (Å²) in [5.41, 5.74) is 1.66. The zero-order valence-electron chi connectivity index (χ0n) is 12.9. The number of hydrogen-bond donors (Lipinski definition) is 1. The lowest BCUT2D eigenvalue weighted by atomic mass is 10.1. The van der Waals surface area contributed by atoms with Gasteiger partial charge in [0.2, 0.25) is 0 Å². The van der Waals surface area contributed by atoms with Crippen molar-refractivity contribution in [2.24, 2.45) is 0 Å². The SMILES string of the molecule is CCOC(=O)c1cnn(C/C=C2\CNCCC2SC(C)=O)c1. The van der Waals surface area contributed by atoms with Gasteiger partial charge in [-0.3, -0.25) is 9.48 Å². The number of carbonyl (C=O) groups is 2. The predicted molar refractivity (Wildman–Crippen MR) is 85.8 cm³/mol. The molecule has 1 aromatic heterocycles. The molecule has 0 amide bonds. The summed E-state index contributed by atoms with van der Waals surface area (Å²) < 4.78 is 6.64. The lowest BCUT2D eigenvalue weighted by Crippen LogP contribution is -2.32. The maximum absolute atomic E-state index is 11.6. The van der Waals surface area contributed by atoms with E-state index >= 15 is 0 Å². The first-order valence-corrected chi connectivity index (χ1v) is 8.24. The lowest BCUT2D eigenvalue weighted by molar-refractivity contribution is -0.109. The minimum absolute atomic E-state index is 0.140. The second-order valence-corrected chi connectivity index (χ2v) is 6.39. The average Bonchev–Trinajstić information content (AvgIpc) is 2.95. The van der Waals surface area contributed by atoms with Crippen molar-refractivity contribution in [3.63, 3.8) is 0 Å². The molecule has 1 saturated heterocycles. The molecule has 6 nitrogen and oxygen atoms in total. The number of rotatable bonds is 5. The Morgan fingerprint density at radius 3 is 3.14 bits per heavy atom. The normalized spacial score (nSPS) is 20.1. The molecule has 0 aliphatic carbocycles. The topological polar surface area (TPSA) is 73.2 Å². The van der Waals surface area contributed by atoms with Crippen LogP contribution in [0.25, 0.3) is 0 Å². The number of carbonyl (C=O) groups excluding carboxylic acids is 2. The van der Waals surface area contributed by atoms with Gasteiger partial charge < -0.3 is 10.1 Å². The highest BCUT2D eigenvalue weighted by Gasteiger charge is 2.20. The van der Waals surface area contributed by atoms with Crippen LogP contribution in [0.2, 0.25) is 0 Å². The van der Waals surface area contributed by atoms with E-state index in [-0.39, 0.29) is 16.3 Å². The summed E-state index contributed by atoms with van der Waals surface area (Å²) in [7, 11) is 0. The van der Waals surface area contributed by atoms with Gasteiger partial charge in [0.1, 0.15) is 0 Å². The Labute approximate surface area is 134 Å². The molecule has 120 valence electrons. The van der Waals surface area contributed by atoms with Gasteiger partial charge in [-0.1, -0.05) is 17.8 Å². The molecule has 1 N–H and O–H groups in total. The quantitative estimate of drug-likeness (QED) is 0.656. The van der Waals surface area contributed by atoms with E-state index in [1.807, 2.05) is 0 Å². The molecule has 22 heavy (non-hydrogen) atoms. The van der Waals surface area contributed by atoms with Gasteiger partial charge in [0, 0.05) is 24.9 Å². The number of hydrogen-bond acceptors (Lipinski definition) is 6. The van der Waals surface area contributed by atoms with Gasteiger partial charge in [-0.15, -0.1) is 0 Å². The van der Waals surface area contributed by atoms with Crippen molar-refractivity contribution in [3.05, 3.63) is 29.6 Å². The Morgan fingerprint density at radius 1 is 1.59 bits per heavy atom. The first kappa shape index (κ1) is 16.8. The minimum atomic E-state index is -0.356. The summed E-state index contributed by atoms with van der Waals surface area (Å²) in [4.78, 5) is 22.9. The molecule has 2 rings (SSSR count). The Morgan fingerprint density at radius 2 is 2.41 bits per heavy atom. The van der Waals surface area contributed by atoms with Crippen molar-refractivity contribution >= 4 is 22.8 Å². The zero-order chi connectivity index (χ0) is 15.9. The van der Waals surface area contributed by atoms with Crippen molar-refractivity contribution in [3.8, 4) is 0 Å². The molecule has 1 fully saturated rings. The monoisotopic (exact) mass is 323 g/mol. The van der Waals surface area contributed by atoms with Gasteiger partial charge in [0.25, 0.3) is 0 Å². The first-order valence-electron chi connectivity index (χ1n) is 7.36. The maximum Gasteiger partial charge on any atom is 0.341 e. The number of allylic oxidation sites excluding steroid dienone is 1. The first-order chi connectivity index (χ1) is 10.6. The highest BCUT2D eigenvalue weighted by atomic mass is 32.2. The largest absolute Gasteiger partial charge is 0.462 e. The number of nitrogens with zero attached hydrogens (tertiary/aromatic N) is 2. The average molecular weight is 323 g/mol. The second-order valence-electron chi connectivity index (χ2n) is 5.01. The van der Waals surface area contributed by atoms with E-state index in [4.69, 9.17) is 4.74 Å². The second kappa shape index (κ2) is 8.14. The predicted octanol–water partition coefficient (Wildman–Crippen LogP) is 1.63. The fourth-order valence-electron chi connectivity index (χ4n) is 2.30. The van der Waals surface area contributed by atoms with E-state index in [0.29, 0.717) is 18.7 Å². The molecule has 0 aromatic carbocycles. The molecule has 1 aliphatic rings. The molecule has 0 bridgehead atoms. The molecule has 0 spiro atoms. The third-order valence-electron chi connectivity index (χ3n) is 3.32. The summed E-state index contributed by atoms with van der Waals surface area (Å²) in [5, 5.41) is 7.86. The van der Waals surface area contributed by atoms with Crippen LogP contribution in [0.5, 0.6) is 0 Å². The van der Waals surface area contributed by atoms with Crippen LogP contribution in [0.15, 0.2) is 24.0 Å². The summed E-state index contributed by atoms with van der Waals surface area (Å²) in [6.45, 7) is 6.02. The number of ether oxygens (including phenoxy) is 1. The Kier molecular flexibility index (Phi) is 6.21. The van der Waals surface area contributed by atoms with Crippen LogP contribution in [0.1, 0.15) is 30.6 Å². The van der Waals surface area contributed by atoms with Gasteiger partial charge in [0.05, 0.1) is 24.9 Å². The zero-order valence-corrected chi connectivity index (χ0v) is 13.7. The molecule has 0 saturated carbocycles. The van der Waals surface area contributed by atoms with E-state index in [2.05, 4.69) is 16.5 Å². The molecule has 2 heterocycles. The van der Waals surface area contributed by atoms with Gasteiger partial charge in [-0.2, -0.15) is 5.10 Å². The number of piperidine rings is 1. The van der Waals surface area contributed by atoms with E-state index in [9.17, 15) is 9.59 Å². The van der Waals surface area contributed by atoms with Crippen LogP contribution in [-0.4, -0.2) is 45.8 Å². The van der Waals surface area contributed by atoms with E-state index < -0.39 is 0 Å². The van der Waals surface area contributed by atoms with Crippen LogP contribution in [0.4, 0.5) is 0 Å². The van der Waals surface area contributed by atoms with Gasteiger partial charge in [-0.25, -0.2) is 4.79 Å². The van der Waals surface area contributed by atoms with Gasteiger partial charge in [-0.05, 0) is 25.5 Å². The third-order valence-corrected chi connectivity index (χ3v) is 4.47. The summed E-state index contributed by atoms with van der Waals surface area (Å²) in [6.07, 6.45) is 6.22. The molecule has 1 unspecified atom stereocenters. The van der Waals surface area contributed by atoms with Crippen LogP contribution in [0, 0.1) is 0 Å². The minimum Gasteiger partial charge on any atom is -0.462 e. The maximum atomic E-state index is 11.6. The molecular weight excluding hydrogens is 302 g/mol. The Balaban J connectivity index is 2.00. The van der Waals surface area contributed by atoms with Crippen molar-refractivity contribution in [1.29, 1.82) is 0 Å². The standard InChI is InChI=1S/C15H21N3O3S/c1-3-21-15(20)13-9-17-18(10-13)7-5-12-8-16-6-4-14(12)22-11(2)19/h5,9-10,14,16H,3-4,6-8H2,1-2H3/b12-5+. The summed E-state index contributed by atoms with van der Waals surface area (Å²) >= 11 is 1.38. The molecule has 1 aromatic rings. The van der Waals surface area contributed by atoms with Crippen LogP contribution in [0.3, 0.4) is 0 Å². The molecular formula is C15H21N3O3S. The number of nitrogens with one attached hydrogen (secondary N) is 1. The summed E-state index contributed by atoms with van der Waals surface area (Å²) in [6, 6.07) is 0. The molecule has 1 atom stereocenters.